The molecule has 2 fully saturated rings. The van der Waals surface area contributed by atoms with Gasteiger partial charge in [0.15, 0.2) is 0 Å². The largest absolute Gasteiger partial charge is 0.346 e. The van der Waals surface area contributed by atoms with Crippen molar-refractivity contribution in [3.63, 3.8) is 0 Å². The fraction of sp³-hybridized carbons (Fsp3) is 0.810. The lowest BCUT2D eigenvalue weighted by atomic mass is 9.92. The topological polar surface area (TPSA) is 80.4 Å². The third-order valence-corrected chi connectivity index (χ3v) is 6.86. The Labute approximate surface area is 171 Å². The van der Waals surface area contributed by atoms with E-state index in [0.717, 1.165) is 57.4 Å². The van der Waals surface area contributed by atoms with Crippen molar-refractivity contribution in [3.8, 4) is 0 Å². The second kappa shape index (κ2) is 8.71. The van der Waals surface area contributed by atoms with Crippen molar-refractivity contribution in [1.82, 2.24) is 24.1 Å². The Kier molecular flexibility index (Phi) is 6.06. The van der Waals surface area contributed by atoms with Crippen LogP contribution in [0.15, 0.2) is 4.79 Å². The summed E-state index contributed by atoms with van der Waals surface area (Å²) in [6.07, 6.45) is 7.56. The van der Waals surface area contributed by atoms with Crippen molar-refractivity contribution in [1.29, 1.82) is 0 Å². The lowest BCUT2D eigenvalue weighted by Crippen LogP contribution is -2.47. The Balaban J connectivity index is 1.30. The van der Waals surface area contributed by atoms with Gasteiger partial charge in [-0.2, -0.15) is 5.10 Å². The van der Waals surface area contributed by atoms with Crippen LogP contribution in [0.4, 0.5) is 0 Å². The molecule has 0 unspecified atom stereocenters. The zero-order chi connectivity index (χ0) is 20.4. The van der Waals surface area contributed by atoms with E-state index in [1.165, 1.54) is 4.68 Å². The lowest BCUT2D eigenvalue weighted by molar-refractivity contribution is -0.142. The summed E-state index contributed by atoms with van der Waals surface area (Å²) in [5.74, 6) is 1.73. The molecule has 8 heteroatoms. The average Bonchev–Trinajstić information content (AvgIpc) is 2.89. The van der Waals surface area contributed by atoms with Gasteiger partial charge in [-0.25, -0.2) is 9.48 Å². The second-order valence-corrected chi connectivity index (χ2v) is 8.98. The number of piperidine rings is 2. The molecule has 0 atom stereocenters. The fourth-order valence-electron chi connectivity index (χ4n) is 4.82. The molecule has 0 N–H and O–H groups in total. The molecule has 0 saturated carbocycles. The van der Waals surface area contributed by atoms with Crippen LogP contribution in [-0.4, -0.2) is 62.1 Å². The maximum absolute atomic E-state index is 12.8. The molecule has 0 aromatic carbocycles. The number of aromatic nitrogens is 3. The van der Waals surface area contributed by atoms with Gasteiger partial charge in [-0.1, -0.05) is 13.3 Å². The fourth-order valence-corrected chi connectivity index (χ4v) is 4.82. The maximum atomic E-state index is 12.8. The predicted octanol–water partition coefficient (Wildman–Crippen LogP) is 1.27. The van der Waals surface area contributed by atoms with Gasteiger partial charge in [-0.3, -0.25) is 14.2 Å². The molecule has 2 saturated heterocycles. The molecule has 4 heterocycles. The van der Waals surface area contributed by atoms with Crippen LogP contribution in [0.2, 0.25) is 0 Å². The molecule has 3 aliphatic rings. The monoisotopic (exact) mass is 403 g/mol. The van der Waals surface area contributed by atoms with E-state index in [1.807, 2.05) is 4.90 Å². The summed E-state index contributed by atoms with van der Waals surface area (Å²) in [4.78, 5) is 41.9. The minimum Gasteiger partial charge on any atom is -0.342 e. The van der Waals surface area contributed by atoms with E-state index in [0.29, 0.717) is 38.4 Å². The van der Waals surface area contributed by atoms with E-state index in [9.17, 15) is 14.4 Å². The maximum Gasteiger partial charge on any atom is 0.346 e. The van der Waals surface area contributed by atoms with Gasteiger partial charge in [0.25, 0.3) is 0 Å². The Hall–Kier alpha value is -2.12. The molecule has 3 aliphatic heterocycles. The van der Waals surface area contributed by atoms with Crippen LogP contribution in [-0.2, 0) is 29.1 Å². The molecule has 4 rings (SSSR count). The quantitative estimate of drug-likeness (QED) is 0.761. The Morgan fingerprint density at radius 2 is 1.62 bits per heavy atom. The molecule has 8 nitrogen and oxygen atoms in total. The molecule has 1 aromatic heterocycles. The zero-order valence-corrected chi connectivity index (χ0v) is 17.5. The van der Waals surface area contributed by atoms with Crippen LogP contribution in [0.5, 0.6) is 0 Å². The number of likely N-dealkylation sites (tertiary alicyclic amines) is 2. The smallest absolute Gasteiger partial charge is 0.342 e. The summed E-state index contributed by atoms with van der Waals surface area (Å²) in [7, 11) is 0. The van der Waals surface area contributed by atoms with Crippen LogP contribution >= 0.6 is 0 Å². The summed E-state index contributed by atoms with van der Waals surface area (Å²) in [6.45, 7) is 5.85. The van der Waals surface area contributed by atoms with Crippen LogP contribution < -0.4 is 5.69 Å². The highest BCUT2D eigenvalue weighted by Crippen LogP contribution is 2.23. The number of hydrogen-bond donors (Lipinski definition) is 0. The average molecular weight is 404 g/mol. The van der Waals surface area contributed by atoms with Gasteiger partial charge >= 0.3 is 5.69 Å². The first-order valence-corrected chi connectivity index (χ1v) is 11.3. The SMILES string of the molecule is CC1CCN(C(=O)C2CCN(C(=O)Cn3nc4n(c3=O)CCCCC4)CC2)CC1. The molecular weight excluding hydrogens is 370 g/mol. The lowest BCUT2D eigenvalue weighted by Gasteiger charge is -2.36. The summed E-state index contributed by atoms with van der Waals surface area (Å²) in [5, 5.41) is 4.41. The van der Waals surface area contributed by atoms with E-state index < -0.39 is 0 Å². The number of aryl methyl sites for hydroxylation is 1. The third-order valence-electron chi connectivity index (χ3n) is 6.86. The van der Waals surface area contributed by atoms with E-state index >= 15 is 0 Å². The van der Waals surface area contributed by atoms with E-state index in [1.54, 1.807) is 9.47 Å². The molecule has 0 aliphatic carbocycles. The summed E-state index contributed by atoms with van der Waals surface area (Å²) in [6, 6.07) is 0. The molecule has 0 radical (unpaired) electrons. The highest BCUT2D eigenvalue weighted by molar-refractivity contribution is 5.80. The van der Waals surface area contributed by atoms with Crippen molar-refractivity contribution in [2.24, 2.45) is 11.8 Å². The number of hydrogen-bond acceptors (Lipinski definition) is 4. The molecule has 0 spiro atoms. The van der Waals surface area contributed by atoms with Gasteiger partial charge in [0, 0.05) is 45.1 Å². The zero-order valence-electron chi connectivity index (χ0n) is 17.5. The van der Waals surface area contributed by atoms with Crippen molar-refractivity contribution >= 4 is 11.8 Å². The van der Waals surface area contributed by atoms with Crippen molar-refractivity contribution in [2.45, 2.75) is 71.4 Å². The Morgan fingerprint density at radius 1 is 0.931 bits per heavy atom. The number of nitrogens with zero attached hydrogens (tertiary/aromatic N) is 5. The van der Waals surface area contributed by atoms with Crippen LogP contribution in [0.3, 0.4) is 0 Å². The molecule has 160 valence electrons. The first-order chi connectivity index (χ1) is 14.0. The first kappa shape index (κ1) is 20.2. The molecule has 29 heavy (non-hydrogen) atoms. The second-order valence-electron chi connectivity index (χ2n) is 8.98. The first-order valence-electron chi connectivity index (χ1n) is 11.3. The van der Waals surface area contributed by atoms with Gasteiger partial charge in [-0.05, 0) is 44.4 Å². The third kappa shape index (κ3) is 4.41. The number of amides is 2. The Morgan fingerprint density at radius 3 is 2.34 bits per heavy atom. The van der Waals surface area contributed by atoms with Crippen LogP contribution in [0.1, 0.15) is 57.7 Å². The molecule has 0 bridgehead atoms. The highest BCUT2D eigenvalue weighted by atomic mass is 16.2. The summed E-state index contributed by atoms with van der Waals surface area (Å²) < 4.78 is 3.06. The van der Waals surface area contributed by atoms with Gasteiger partial charge in [0.1, 0.15) is 12.4 Å². The number of rotatable bonds is 3. The van der Waals surface area contributed by atoms with Gasteiger partial charge in [0.05, 0.1) is 0 Å². The number of fused-ring (bicyclic) bond motifs is 1. The minimum atomic E-state index is -0.167. The van der Waals surface area contributed by atoms with Gasteiger partial charge in [-0.15, -0.1) is 0 Å². The number of carbonyl (C=O) groups is 2. The Bertz CT molecular complexity index is 798. The normalized spacial score (nSPS) is 21.7. The van der Waals surface area contributed by atoms with Gasteiger partial charge in [0.2, 0.25) is 11.8 Å². The van der Waals surface area contributed by atoms with E-state index in [4.69, 9.17) is 0 Å². The molecule has 2 amide bonds. The van der Waals surface area contributed by atoms with Gasteiger partial charge < -0.3 is 9.80 Å². The summed E-state index contributed by atoms with van der Waals surface area (Å²) in [5.41, 5.74) is -0.167. The van der Waals surface area contributed by atoms with E-state index in [-0.39, 0.29) is 30.0 Å². The van der Waals surface area contributed by atoms with Crippen LogP contribution in [0.25, 0.3) is 0 Å². The standard InChI is InChI=1S/C21H33N5O3/c1-16-6-11-24(12-7-16)20(28)17-8-13-23(14-9-17)19(27)15-26-21(29)25-10-4-2-3-5-18(25)22-26/h16-17H,2-15H2,1H3. The van der Waals surface area contributed by atoms with E-state index in [2.05, 4.69) is 12.0 Å². The minimum absolute atomic E-state index is 0.00145. The van der Waals surface area contributed by atoms with Crippen LogP contribution in [0, 0.1) is 11.8 Å². The van der Waals surface area contributed by atoms with Crippen molar-refractivity contribution in [3.05, 3.63) is 16.3 Å². The summed E-state index contributed by atoms with van der Waals surface area (Å²) >= 11 is 0. The number of carbonyl (C=O) groups excluding carboxylic acids is 2. The molecular formula is C21H33N5O3. The van der Waals surface area contributed by atoms with Crippen molar-refractivity contribution in [2.75, 3.05) is 26.2 Å². The molecule has 1 aromatic rings. The predicted molar refractivity (Wildman–Crippen MR) is 108 cm³/mol. The van der Waals surface area contributed by atoms with Crippen molar-refractivity contribution < 1.29 is 9.59 Å². The highest BCUT2D eigenvalue weighted by Gasteiger charge is 2.32.